The van der Waals surface area contributed by atoms with E-state index >= 15 is 0 Å². The van der Waals surface area contributed by atoms with E-state index in [4.69, 9.17) is 26.7 Å². The molecule has 0 spiro atoms. The summed E-state index contributed by atoms with van der Waals surface area (Å²) < 4.78 is 54.0. The Morgan fingerprint density at radius 3 is 2.33 bits per heavy atom. The number of aliphatic imine (C=N–C) groups is 1. The second-order valence-corrected chi connectivity index (χ2v) is 14.8. The van der Waals surface area contributed by atoms with Gasteiger partial charge in [-0.15, -0.1) is 13.2 Å². The van der Waals surface area contributed by atoms with Crippen LogP contribution in [0.15, 0.2) is 64.5 Å². The minimum absolute atomic E-state index is 0.0352. The number of hydrogen-bond donors (Lipinski definition) is 5. The van der Waals surface area contributed by atoms with Crippen molar-refractivity contribution < 1.29 is 27.4 Å². The first-order valence-electron chi connectivity index (χ1n) is 17.1. The van der Waals surface area contributed by atoms with Gasteiger partial charge in [-0.1, -0.05) is 59.7 Å². The summed E-state index contributed by atoms with van der Waals surface area (Å²) in [5, 5.41) is 4.27. The van der Waals surface area contributed by atoms with Gasteiger partial charge in [0.2, 0.25) is 0 Å². The van der Waals surface area contributed by atoms with Crippen LogP contribution in [-0.2, 0) is 33.5 Å². The predicted molar refractivity (Wildman–Crippen MR) is 197 cm³/mol. The molecule has 4 aromatic rings. The Bertz CT molecular complexity index is 1850. The molecule has 0 amide bonds. The maximum Gasteiger partial charge on any atom is 0.573 e. The number of hydrogen-bond acceptors (Lipinski definition) is 8. The predicted octanol–water partition coefficient (Wildman–Crippen LogP) is 4.89. The van der Waals surface area contributed by atoms with Crippen LogP contribution in [-0.4, -0.2) is 65.3 Å². The van der Waals surface area contributed by atoms with Crippen molar-refractivity contribution in [3.8, 4) is 11.4 Å². The molecule has 0 bridgehead atoms. The number of aromatic nitrogens is 3. The van der Waals surface area contributed by atoms with Crippen molar-refractivity contribution >= 4 is 17.0 Å². The molecule has 2 unspecified atom stereocenters. The summed E-state index contributed by atoms with van der Waals surface area (Å²) in [5.41, 5.74) is 20.7. The van der Waals surface area contributed by atoms with E-state index in [-0.39, 0.29) is 47.0 Å². The van der Waals surface area contributed by atoms with Crippen molar-refractivity contribution in [1.82, 2.24) is 19.9 Å². The summed E-state index contributed by atoms with van der Waals surface area (Å²) in [7, 11) is 0. The summed E-state index contributed by atoms with van der Waals surface area (Å²) in [5.74, 6) is -0.117. The highest BCUT2D eigenvalue weighted by molar-refractivity contribution is 5.76. The molecule has 5 rings (SSSR count). The van der Waals surface area contributed by atoms with Crippen molar-refractivity contribution in [3.63, 3.8) is 0 Å². The largest absolute Gasteiger partial charge is 0.573 e. The molecule has 0 saturated carbocycles. The first-order valence-corrected chi connectivity index (χ1v) is 17.1. The molecule has 0 aliphatic carbocycles. The lowest BCUT2D eigenvalue weighted by atomic mass is 9.86. The van der Waals surface area contributed by atoms with Gasteiger partial charge in [-0.2, -0.15) is 4.98 Å². The number of nitrogens with zero attached hydrogens (tertiary/aromatic N) is 3. The fraction of sp³-hybridized carbons (Fsp3) is 0.486. The zero-order chi connectivity index (χ0) is 38.3. The van der Waals surface area contributed by atoms with E-state index in [0.29, 0.717) is 31.0 Å². The van der Waals surface area contributed by atoms with Crippen LogP contribution in [0.4, 0.5) is 13.2 Å². The van der Waals surface area contributed by atoms with Gasteiger partial charge in [-0.05, 0) is 65.4 Å². The summed E-state index contributed by atoms with van der Waals surface area (Å²) in [6.45, 7) is 15.3. The number of fused-ring (bicyclic) bond motifs is 1. The Kier molecular flexibility index (Phi) is 13.1. The lowest BCUT2D eigenvalue weighted by Gasteiger charge is -2.22. The first kappa shape index (κ1) is 40.3. The number of nitrogens with two attached hydrogens (primary N) is 3. The highest BCUT2D eigenvalue weighted by Gasteiger charge is 2.32. The van der Waals surface area contributed by atoms with Crippen LogP contribution in [0, 0.1) is 0 Å². The molecule has 8 N–H and O–H groups in total. The average molecular weight is 729 g/mol. The maximum absolute atomic E-state index is 12.5. The van der Waals surface area contributed by atoms with Gasteiger partial charge in [0.25, 0.3) is 0 Å². The van der Waals surface area contributed by atoms with Gasteiger partial charge >= 0.3 is 12.1 Å². The minimum atomic E-state index is -4.73. The summed E-state index contributed by atoms with van der Waals surface area (Å²) in [6, 6.07) is 14.3. The molecule has 1 saturated heterocycles. The molecular formula is C37H51F3N8O4. The third kappa shape index (κ3) is 12.1. The van der Waals surface area contributed by atoms with E-state index in [9.17, 15) is 18.0 Å². The van der Waals surface area contributed by atoms with E-state index in [0.717, 1.165) is 47.4 Å². The van der Waals surface area contributed by atoms with Crippen LogP contribution in [0.3, 0.4) is 0 Å². The molecule has 52 heavy (non-hydrogen) atoms. The van der Waals surface area contributed by atoms with E-state index < -0.39 is 6.36 Å². The van der Waals surface area contributed by atoms with Gasteiger partial charge < -0.3 is 41.7 Å². The molecule has 0 radical (unpaired) electrons. The highest BCUT2D eigenvalue weighted by atomic mass is 19.4. The number of benzene rings is 2. The Hall–Kier alpha value is -4.44. The van der Waals surface area contributed by atoms with Gasteiger partial charge in [0, 0.05) is 35.8 Å². The topological polar surface area (TPSA) is 181 Å². The van der Waals surface area contributed by atoms with Gasteiger partial charge in [-0.3, -0.25) is 9.56 Å². The van der Waals surface area contributed by atoms with Crippen molar-refractivity contribution in [3.05, 3.63) is 87.6 Å². The van der Waals surface area contributed by atoms with Gasteiger partial charge in [0.15, 0.2) is 5.96 Å². The Balaban J connectivity index is 0.000000239. The second kappa shape index (κ2) is 16.9. The number of ether oxygens (including phenoxy) is 3. The van der Waals surface area contributed by atoms with Gasteiger partial charge in [0.05, 0.1) is 37.7 Å². The molecule has 12 nitrogen and oxygen atoms in total. The van der Waals surface area contributed by atoms with Crippen LogP contribution < -0.4 is 32.9 Å². The third-order valence-corrected chi connectivity index (χ3v) is 8.27. The second-order valence-electron chi connectivity index (χ2n) is 14.8. The van der Waals surface area contributed by atoms with Crippen molar-refractivity contribution in [2.45, 2.75) is 90.5 Å². The summed E-state index contributed by atoms with van der Waals surface area (Å²) in [6.07, 6.45) is -2.27. The standard InChI is InChI=1S/C21H29N7O.C16H22F3NO3/c1-21(2,3)17-11-15-13-28(20(29)27-18(15)26-17)16-7-5-14(6-8-16)12-24-9-4-10-25-19(22)23;1-15(2,3)11-4-10(5-12(6-11)23-16(17,18)19)7-22-14-9-21-8-13(14)20/h5-8,11,13,24H,4,9-10,12H2,1-3H3,(H4,22,23,25)(H,26,27,29);4-6,13-14H,7-9,20H2,1-3H3. The van der Waals surface area contributed by atoms with Gasteiger partial charge in [-0.25, -0.2) is 4.79 Å². The molecule has 2 aromatic carbocycles. The zero-order valence-corrected chi connectivity index (χ0v) is 30.6. The number of alkyl halides is 3. The number of halogens is 3. The van der Waals surface area contributed by atoms with E-state index in [1.54, 1.807) is 4.57 Å². The number of nitrogens with one attached hydrogen (secondary N) is 2. The summed E-state index contributed by atoms with van der Waals surface area (Å²) >= 11 is 0. The molecule has 284 valence electrons. The Labute approximate surface area is 301 Å². The lowest BCUT2D eigenvalue weighted by molar-refractivity contribution is -0.274. The lowest BCUT2D eigenvalue weighted by Crippen LogP contribution is -2.35. The normalized spacial score (nSPS) is 16.4. The Morgan fingerprint density at radius 1 is 1.02 bits per heavy atom. The molecular weight excluding hydrogens is 677 g/mol. The van der Waals surface area contributed by atoms with Crippen LogP contribution >= 0.6 is 0 Å². The first-order chi connectivity index (χ1) is 24.3. The molecule has 3 heterocycles. The molecule has 1 fully saturated rings. The molecule has 15 heteroatoms. The number of H-pyrrole nitrogens is 1. The SMILES string of the molecule is CC(C)(C)c1cc(COC2COCC2N)cc(OC(F)(F)F)c1.CC(C)(C)c1cc2cn(-c3ccc(CNCCCN=C(N)N)cc3)c(=O)nc2[nH]1. The average Bonchev–Trinajstić information content (AvgIpc) is 3.66. The smallest absolute Gasteiger partial charge is 0.406 e. The fourth-order valence-corrected chi connectivity index (χ4v) is 5.30. The fourth-order valence-electron chi connectivity index (χ4n) is 5.30. The van der Waals surface area contributed by atoms with Crippen LogP contribution in [0.2, 0.25) is 0 Å². The summed E-state index contributed by atoms with van der Waals surface area (Å²) in [4.78, 5) is 23.9. The van der Waals surface area contributed by atoms with E-state index in [1.165, 1.54) is 12.1 Å². The molecule has 2 atom stereocenters. The van der Waals surface area contributed by atoms with Crippen LogP contribution in [0.25, 0.3) is 16.7 Å². The number of aromatic amines is 1. The zero-order valence-electron chi connectivity index (χ0n) is 30.6. The number of guanidine groups is 1. The Morgan fingerprint density at radius 2 is 1.73 bits per heavy atom. The minimum Gasteiger partial charge on any atom is -0.406 e. The third-order valence-electron chi connectivity index (χ3n) is 8.27. The van der Waals surface area contributed by atoms with Crippen LogP contribution in [0.5, 0.6) is 5.75 Å². The van der Waals surface area contributed by atoms with Crippen molar-refractivity contribution in [2.24, 2.45) is 22.2 Å². The van der Waals surface area contributed by atoms with Gasteiger partial charge in [0.1, 0.15) is 11.4 Å². The van der Waals surface area contributed by atoms with Crippen molar-refractivity contribution in [2.75, 3.05) is 26.3 Å². The van der Waals surface area contributed by atoms with Crippen LogP contribution in [0.1, 0.15) is 70.3 Å². The number of rotatable bonds is 11. The molecule has 2 aromatic heterocycles. The van der Waals surface area contributed by atoms with E-state index in [1.807, 2.05) is 57.3 Å². The quantitative estimate of drug-likeness (QED) is 0.0817. The molecule has 1 aliphatic heterocycles. The van der Waals surface area contributed by atoms with E-state index in [2.05, 4.69) is 51.9 Å². The van der Waals surface area contributed by atoms with Crippen molar-refractivity contribution in [1.29, 1.82) is 0 Å². The highest BCUT2D eigenvalue weighted by Crippen LogP contribution is 2.31. The monoisotopic (exact) mass is 728 g/mol. The molecule has 1 aliphatic rings. The maximum atomic E-state index is 12.5.